The number of nitrogens with zero attached hydrogens (tertiary/aromatic N) is 1. The van der Waals surface area contributed by atoms with Crippen molar-refractivity contribution in [3.8, 4) is 11.5 Å². The third-order valence-electron chi connectivity index (χ3n) is 6.20. The van der Waals surface area contributed by atoms with Crippen molar-refractivity contribution in [2.45, 2.75) is 25.3 Å². The maximum atomic E-state index is 14.0. The van der Waals surface area contributed by atoms with E-state index in [0.717, 1.165) is 17.8 Å². The largest absolute Gasteiger partial charge is 0.504 e. The van der Waals surface area contributed by atoms with E-state index in [-0.39, 0.29) is 23.2 Å². The molecule has 1 aliphatic heterocycles. The van der Waals surface area contributed by atoms with Crippen LogP contribution in [0.15, 0.2) is 84.1 Å². The van der Waals surface area contributed by atoms with Crippen LogP contribution in [0.5, 0.6) is 11.5 Å². The number of anilines is 2. The van der Waals surface area contributed by atoms with Gasteiger partial charge in [0.05, 0.1) is 24.5 Å². The Morgan fingerprint density at radius 2 is 1.79 bits per heavy atom. The highest BCUT2D eigenvalue weighted by atomic mass is 16.5. The lowest BCUT2D eigenvalue weighted by Crippen LogP contribution is -2.38. The van der Waals surface area contributed by atoms with Crippen molar-refractivity contribution >= 4 is 23.1 Å². The maximum absolute atomic E-state index is 14.0. The van der Waals surface area contributed by atoms with Crippen LogP contribution in [0.3, 0.4) is 0 Å². The number of hydrogen-bond donors (Lipinski definition) is 2. The van der Waals surface area contributed by atoms with Crippen molar-refractivity contribution in [1.29, 1.82) is 0 Å². The van der Waals surface area contributed by atoms with E-state index >= 15 is 0 Å². The number of benzene rings is 3. The van der Waals surface area contributed by atoms with Crippen LogP contribution in [0.25, 0.3) is 0 Å². The van der Waals surface area contributed by atoms with Gasteiger partial charge in [0.15, 0.2) is 17.3 Å². The zero-order chi connectivity index (χ0) is 22.9. The summed E-state index contributed by atoms with van der Waals surface area (Å²) in [5, 5.41) is 13.6. The summed E-state index contributed by atoms with van der Waals surface area (Å²) in [6, 6.07) is 21.0. The number of methoxy groups -OCH3 is 1. The first kappa shape index (κ1) is 20.8. The number of ether oxygens (including phenoxy) is 1. The van der Waals surface area contributed by atoms with Crippen LogP contribution in [0, 0.1) is 0 Å². The van der Waals surface area contributed by atoms with Crippen LogP contribution >= 0.6 is 0 Å². The molecule has 0 bridgehead atoms. The van der Waals surface area contributed by atoms with Crippen LogP contribution in [0.1, 0.15) is 41.2 Å². The molecule has 1 aliphatic carbocycles. The molecule has 0 radical (unpaired) electrons. The predicted octanol–water partition coefficient (Wildman–Crippen LogP) is 5.22. The number of carbonyl (C=O) groups excluding carboxylic acids is 2. The van der Waals surface area contributed by atoms with Gasteiger partial charge in [0.2, 0.25) is 0 Å². The highest BCUT2D eigenvalue weighted by molar-refractivity contribution is 6.11. The van der Waals surface area contributed by atoms with Crippen LogP contribution in [0.2, 0.25) is 0 Å². The van der Waals surface area contributed by atoms with Gasteiger partial charge in [-0.2, -0.15) is 0 Å². The molecule has 5 rings (SSSR count). The number of phenols is 1. The number of amides is 1. The third kappa shape index (κ3) is 3.63. The Morgan fingerprint density at radius 3 is 2.58 bits per heavy atom. The van der Waals surface area contributed by atoms with Gasteiger partial charge < -0.3 is 15.2 Å². The van der Waals surface area contributed by atoms with E-state index in [2.05, 4.69) is 5.32 Å². The molecule has 6 nitrogen and oxygen atoms in total. The topological polar surface area (TPSA) is 78.9 Å². The molecule has 0 saturated heterocycles. The summed E-state index contributed by atoms with van der Waals surface area (Å²) in [5.74, 6) is 0.0856. The monoisotopic (exact) mass is 440 g/mol. The van der Waals surface area contributed by atoms with Gasteiger partial charge in [-0.25, -0.2) is 0 Å². The Hall–Kier alpha value is -4.06. The number of carbonyl (C=O) groups is 2. The summed E-state index contributed by atoms with van der Waals surface area (Å²) in [4.78, 5) is 29.0. The molecule has 33 heavy (non-hydrogen) atoms. The number of nitrogens with one attached hydrogen (secondary N) is 1. The number of para-hydroxylation sites is 2. The van der Waals surface area contributed by atoms with Crippen molar-refractivity contribution in [3.63, 3.8) is 0 Å². The van der Waals surface area contributed by atoms with E-state index in [1.54, 1.807) is 29.2 Å². The van der Waals surface area contributed by atoms with Gasteiger partial charge in [0.1, 0.15) is 0 Å². The molecule has 1 amide bonds. The fourth-order valence-electron chi connectivity index (χ4n) is 4.66. The molecule has 1 heterocycles. The number of fused-ring (bicyclic) bond motifs is 1. The summed E-state index contributed by atoms with van der Waals surface area (Å²) in [6.07, 6.45) is 1.90. The second-order valence-corrected chi connectivity index (χ2v) is 8.19. The van der Waals surface area contributed by atoms with Crippen molar-refractivity contribution in [3.05, 3.63) is 95.2 Å². The lowest BCUT2D eigenvalue weighted by atomic mass is 9.85. The number of phenolic OH excluding ortho intramolecular Hbond substituents is 1. The molecular formula is C27H24N2O4. The van der Waals surface area contributed by atoms with Gasteiger partial charge in [0.25, 0.3) is 5.91 Å². The number of allylic oxidation sites excluding steroid dienone is 1. The SMILES string of the molecule is COc1cc([C@H]2C3=C(CCCC3=O)Nc3ccccc3N2C(=O)c2ccccc2)ccc1O. The number of ketones is 1. The van der Waals surface area contributed by atoms with Crippen LogP contribution in [-0.4, -0.2) is 23.9 Å². The second-order valence-electron chi connectivity index (χ2n) is 8.19. The van der Waals surface area contributed by atoms with Crippen LogP contribution < -0.4 is 15.0 Å². The first-order chi connectivity index (χ1) is 16.1. The molecule has 3 aromatic rings. The molecule has 3 aromatic carbocycles. The standard InChI is InChI=1S/C27H24N2O4/c1-33-24-16-18(14-15-22(24)30)26-25-20(11-7-13-23(25)31)28-19-10-5-6-12-21(19)29(26)27(32)17-8-3-2-4-9-17/h2-6,8-10,12,14-16,26,28,30H,7,11,13H2,1H3/t26-/m0/s1. The zero-order valence-corrected chi connectivity index (χ0v) is 18.2. The van der Waals surface area contributed by atoms with E-state index in [4.69, 9.17) is 4.74 Å². The molecule has 0 spiro atoms. The van der Waals surface area contributed by atoms with E-state index < -0.39 is 6.04 Å². The van der Waals surface area contributed by atoms with E-state index in [1.807, 2.05) is 42.5 Å². The minimum atomic E-state index is -0.675. The Morgan fingerprint density at radius 1 is 1.03 bits per heavy atom. The van der Waals surface area contributed by atoms with Crippen molar-refractivity contribution in [2.24, 2.45) is 0 Å². The van der Waals surface area contributed by atoms with E-state index in [1.165, 1.54) is 13.2 Å². The lowest BCUT2D eigenvalue weighted by molar-refractivity contribution is -0.116. The van der Waals surface area contributed by atoms with Gasteiger partial charge in [-0.15, -0.1) is 0 Å². The normalized spacial score (nSPS) is 17.5. The zero-order valence-electron chi connectivity index (χ0n) is 18.2. The first-order valence-electron chi connectivity index (χ1n) is 11.0. The molecule has 1 atom stereocenters. The number of rotatable bonds is 3. The summed E-state index contributed by atoms with van der Waals surface area (Å²) in [6.45, 7) is 0. The first-order valence-corrected chi connectivity index (χ1v) is 11.0. The summed E-state index contributed by atoms with van der Waals surface area (Å²) >= 11 is 0. The Balaban J connectivity index is 1.79. The molecule has 2 N–H and O–H groups in total. The predicted molar refractivity (Wildman–Crippen MR) is 127 cm³/mol. The summed E-state index contributed by atoms with van der Waals surface area (Å²) in [5.41, 5.74) is 4.09. The number of aromatic hydroxyl groups is 1. The summed E-state index contributed by atoms with van der Waals surface area (Å²) < 4.78 is 5.35. The lowest BCUT2D eigenvalue weighted by Gasteiger charge is -2.34. The molecule has 0 unspecified atom stereocenters. The summed E-state index contributed by atoms with van der Waals surface area (Å²) in [7, 11) is 1.48. The molecule has 0 fully saturated rings. The molecule has 0 aromatic heterocycles. The average Bonchev–Trinajstić information content (AvgIpc) is 2.99. The van der Waals surface area contributed by atoms with Gasteiger partial charge in [-0.3, -0.25) is 14.5 Å². The Labute approximate surface area is 192 Å². The minimum absolute atomic E-state index is 0.00138. The Kier molecular flexibility index (Phi) is 5.34. The number of hydrogen-bond acceptors (Lipinski definition) is 5. The minimum Gasteiger partial charge on any atom is -0.504 e. The van der Waals surface area contributed by atoms with Gasteiger partial charge in [-0.1, -0.05) is 36.4 Å². The molecule has 0 saturated carbocycles. The second kappa shape index (κ2) is 8.47. The Bertz CT molecular complexity index is 1270. The van der Waals surface area contributed by atoms with Gasteiger partial charge in [0, 0.05) is 23.3 Å². The molecule has 166 valence electrons. The van der Waals surface area contributed by atoms with Crippen molar-refractivity contribution in [1.82, 2.24) is 0 Å². The van der Waals surface area contributed by atoms with Crippen molar-refractivity contribution in [2.75, 3.05) is 17.3 Å². The van der Waals surface area contributed by atoms with E-state index in [0.29, 0.717) is 35.2 Å². The fourth-order valence-corrected chi connectivity index (χ4v) is 4.66. The third-order valence-corrected chi connectivity index (χ3v) is 6.20. The van der Waals surface area contributed by atoms with Gasteiger partial charge >= 0.3 is 0 Å². The highest BCUT2D eigenvalue weighted by Crippen LogP contribution is 2.46. The van der Waals surface area contributed by atoms with Crippen LogP contribution in [-0.2, 0) is 4.79 Å². The smallest absolute Gasteiger partial charge is 0.259 e. The molecule has 6 heteroatoms. The number of Topliss-reactive ketones (excluding diaryl/α,β-unsaturated/α-hetero) is 1. The van der Waals surface area contributed by atoms with E-state index in [9.17, 15) is 14.7 Å². The molecule has 2 aliphatic rings. The fraction of sp³-hybridized carbons (Fsp3) is 0.185. The van der Waals surface area contributed by atoms with Crippen LogP contribution in [0.4, 0.5) is 11.4 Å². The average molecular weight is 440 g/mol. The maximum Gasteiger partial charge on any atom is 0.259 e. The van der Waals surface area contributed by atoms with Gasteiger partial charge in [-0.05, 0) is 54.8 Å². The quantitative estimate of drug-likeness (QED) is 0.584. The highest BCUT2D eigenvalue weighted by Gasteiger charge is 2.40. The van der Waals surface area contributed by atoms with Crippen molar-refractivity contribution < 1.29 is 19.4 Å². The molecular weight excluding hydrogens is 416 g/mol.